The van der Waals surface area contributed by atoms with Gasteiger partial charge in [-0.2, -0.15) is 0 Å². The van der Waals surface area contributed by atoms with E-state index in [-0.39, 0.29) is 5.92 Å². The molecule has 1 unspecified atom stereocenters. The highest BCUT2D eigenvalue weighted by molar-refractivity contribution is 7.13. The maximum absolute atomic E-state index is 11.1. The Morgan fingerprint density at radius 2 is 2.32 bits per heavy atom. The van der Waals surface area contributed by atoms with Gasteiger partial charge in [-0.05, 0) is 31.7 Å². The highest BCUT2D eigenvalue weighted by Gasteiger charge is 2.27. The number of aliphatic carboxylic acids is 1. The minimum Gasteiger partial charge on any atom is -0.481 e. The summed E-state index contributed by atoms with van der Waals surface area (Å²) in [6.45, 7) is 1.93. The zero-order valence-corrected chi connectivity index (χ0v) is 11.3. The lowest BCUT2D eigenvalue weighted by Gasteiger charge is -2.22. The molecular weight excluding hydrogens is 262 g/mol. The van der Waals surface area contributed by atoms with Crippen LogP contribution in [0.4, 0.5) is 0 Å². The zero-order chi connectivity index (χ0) is 13.4. The lowest BCUT2D eigenvalue weighted by atomic mass is 9.86. The van der Waals surface area contributed by atoms with Crippen LogP contribution < -0.4 is 0 Å². The maximum Gasteiger partial charge on any atom is 0.306 e. The average molecular weight is 275 g/mol. The quantitative estimate of drug-likeness (QED) is 0.908. The molecular formula is C13H13N3O2S. The molecule has 0 saturated heterocycles. The van der Waals surface area contributed by atoms with Gasteiger partial charge in [-0.3, -0.25) is 9.78 Å². The third-order valence-corrected chi connectivity index (χ3v) is 4.25. The number of thiazole rings is 1. The molecule has 2 aromatic rings. The molecule has 6 heteroatoms. The lowest BCUT2D eigenvalue weighted by Crippen LogP contribution is -2.24. The standard InChI is InChI=1S/C13H13N3O2S/c1-7-9-4-8(13(17)18)2-3-10(9)16-12(15-7)11-5-14-6-19-11/h5-6,8H,2-4H2,1H3,(H,17,18). The van der Waals surface area contributed by atoms with Crippen LogP contribution in [0.2, 0.25) is 0 Å². The van der Waals surface area contributed by atoms with Gasteiger partial charge in [0.25, 0.3) is 0 Å². The highest BCUT2D eigenvalue weighted by atomic mass is 32.1. The van der Waals surface area contributed by atoms with E-state index in [4.69, 9.17) is 5.11 Å². The number of aryl methyl sites for hydroxylation is 2. The molecule has 2 heterocycles. The monoisotopic (exact) mass is 275 g/mol. The number of carboxylic acid groups (broad SMARTS) is 1. The summed E-state index contributed by atoms with van der Waals surface area (Å²) in [5.74, 6) is -0.326. The van der Waals surface area contributed by atoms with E-state index in [1.54, 1.807) is 11.7 Å². The normalized spacial score (nSPS) is 18.1. The van der Waals surface area contributed by atoms with Gasteiger partial charge in [0.2, 0.25) is 0 Å². The van der Waals surface area contributed by atoms with E-state index < -0.39 is 5.97 Å². The van der Waals surface area contributed by atoms with Gasteiger partial charge in [-0.15, -0.1) is 11.3 Å². The second-order valence-corrected chi connectivity index (χ2v) is 5.59. The van der Waals surface area contributed by atoms with Gasteiger partial charge in [0.05, 0.1) is 16.3 Å². The fourth-order valence-electron chi connectivity index (χ4n) is 2.43. The summed E-state index contributed by atoms with van der Waals surface area (Å²) in [6, 6.07) is 0. The van der Waals surface area contributed by atoms with E-state index in [1.165, 1.54) is 11.3 Å². The van der Waals surface area contributed by atoms with Crippen LogP contribution in [0, 0.1) is 12.8 Å². The Hall–Kier alpha value is -1.82. The molecule has 2 aromatic heterocycles. The fourth-order valence-corrected chi connectivity index (χ4v) is 2.99. The third kappa shape index (κ3) is 2.23. The number of hydrogen-bond donors (Lipinski definition) is 1. The zero-order valence-electron chi connectivity index (χ0n) is 10.5. The molecule has 0 spiro atoms. The first-order valence-electron chi connectivity index (χ1n) is 6.13. The minimum absolute atomic E-state index is 0.302. The van der Waals surface area contributed by atoms with Gasteiger partial charge in [0.15, 0.2) is 5.82 Å². The average Bonchev–Trinajstić information content (AvgIpc) is 2.92. The molecule has 0 radical (unpaired) electrons. The van der Waals surface area contributed by atoms with Crippen LogP contribution in [0.3, 0.4) is 0 Å². The summed E-state index contributed by atoms with van der Waals surface area (Å²) in [4.78, 5) is 25.1. The predicted molar refractivity (Wildman–Crippen MR) is 71.0 cm³/mol. The summed E-state index contributed by atoms with van der Waals surface area (Å²) in [5, 5.41) is 9.11. The molecule has 1 aliphatic carbocycles. The Kier molecular flexibility index (Phi) is 3.02. The summed E-state index contributed by atoms with van der Waals surface area (Å²) in [5.41, 5.74) is 4.65. The van der Waals surface area contributed by atoms with Crippen molar-refractivity contribution in [3.63, 3.8) is 0 Å². The van der Waals surface area contributed by atoms with Crippen molar-refractivity contribution in [2.24, 2.45) is 5.92 Å². The first-order chi connectivity index (χ1) is 9.15. The summed E-state index contributed by atoms with van der Waals surface area (Å²) in [6.07, 6.45) is 3.66. The number of aromatic nitrogens is 3. The summed E-state index contributed by atoms with van der Waals surface area (Å²) in [7, 11) is 0. The molecule has 0 fully saturated rings. The Labute approximate surface area is 114 Å². The Balaban J connectivity index is 2.00. The van der Waals surface area contributed by atoms with Crippen LogP contribution >= 0.6 is 11.3 Å². The Bertz CT molecular complexity index is 625. The largest absolute Gasteiger partial charge is 0.481 e. The molecule has 1 aliphatic rings. The SMILES string of the molecule is Cc1nc(-c2cncs2)nc2c1CC(C(=O)O)CC2. The Morgan fingerprint density at radius 1 is 1.47 bits per heavy atom. The molecule has 0 saturated carbocycles. The van der Waals surface area contributed by atoms with Crippen LogP contribution in [0.15, 0.2) is 11.7 Å². The third-order valence-electron chi connectivity index (χ3n) is 3.48. The smallest absolute Gasteiger partial charge is 0.306 e. The molecule has 0 aromatic carbocycles. The Morgan fingerprint density at radius 3 is 3.00 bits per heavy atom. The van der Waals surface area contributed by atoms with Crippen molar-refractivity contribution >= 4 is 17.3 Å². The van der Waals surface area contributed by atoms with Crippen molar-refractivity contribution in [1.82, 2.24) is 15.0 Å². The molecule has 0 amide bonds. The van der Waals surface area contributed by atoms with Crippen molar-refractivity contribution in [2.45, 2.75) is 26.2 Å². The van der Waals surface area contributed by atoms with Crippen LogP contribution in [-0.4, -0.2) is 26.0 Å². The van der Waals surface area contributed by atoms with Gasteiger partial charge in [-0.1, -0.05) is 0 Å². The van der Waals surface area contributed by atoms with Gasteiger partial charge in [0, 0.05) is 17.6 Å². The van der Waals surface area contributed by atoms with E-state index in [9.17, 15) is 4.79 Å². The van der Waals surface area contributed by atoms with Crippen LogP contribution in [0.1, 0.15) is 23.4 Å². The molecule has 3 rings (SSSR count). The molecule has 0 aliphatic heterocycles. The number of rotatable bonds is 2. The predicted octanol–water partition coefficient (Wildman–Crippen LogP) is 2.10. The molecule has 1 atom stereocenters. The number of nitrogens with zero attached hydrogens (tertiary/aromatic N) is 3. The van der Waals surface area contributed by atoms with Crippen LogP contribution in [0.25, 0.3) is 10.7 Å². The van der Waals surface area contributed by atoms with Crippen LogP contribution in [-0.2, 0) is 17.6 Å². The van der Waals surface area contributed by atoms with E-state index in [2.05, 4.69) is 15.0 Å². The minimum atomic E-state index is -0.725. The number of hydrogen-bond acceptors (Lipinski definition) is 5. The highest BCUT2D eigenvalue weighted by Crippen LogP contribution is 2.29. The first kappa shape index (κ1) is 12.2. The second kappa shape index (κ2) is 4.70. The maximum atomic E-state index is 11.1. The number of fused-ring (bicyclic) bond motifs is 1. The van der Waals surface area contributed by atoms with Gasteiger partial charge in [-0.25, -0.2) is 9.97 Å². The lowest BCUT2D eigenvalue weighted by molar-refractivity contribution is -0.142. The summed E-state index contributed by atoms with van der Waals surface area (Å²) < 4.78 is 0. The molecule has 0 bridgehead atoms. The van der Waals surface area contributed by atoms with Crippen molar-refractivity contribution in [2.75, 3.05) is 0 Å². The van der Waals surface area contributed by atoms with Crippen molar-refractivity contribution in [3.8, 4) is 10.7 Å². The molecule has 98 valence electrons. The summed E-state index contributed by atoms with van der Waals surface area (Å²) >= 11 is 1.51. The van der Waals surface area contributed by atoms with E-state index in [0.29, 0.717) is 25.1 Å². The van der Waals surface area contributed by atoms with Crippen molar-refractivity contribution < 1.29 is 9.90 Å². The number of carbonyl (C=O) groups is 1. The fraction of sp³-hybridized carbons (Fsp3) is 0.385. The van der Waals surface area contributed by atoms with E-state index in [1.807, 2.05) is 6.92 Å². The molecule has 5 nitrogen and oxygen atoms in total. The second-order valence-electron chi connectivity index (χ2n) is 4.70. The molecule has 19 heavy (non-hydrogen) atoms. The van der Waals surface area contributed by atoms with Gasteiger partial charge in [0.1, 0.15) is 0 Å². The van der Waals surface area contributed by atoms with E-state index >= 15 is 0 Å². The molecule has 1 N–H and O–H groups in total. The first-order valence-corrected chi connectivity index (χ1v) is 7.01. The van der Waals surface area contributed by atoms with Crippen LogP contribution in [0.5, 0.6) is 0 Å². The van der Waals surface area contributed by atoms with E-state index in [0.717, 1.165) is 21.8 Å². The van der Waals surface area contributed by atoms with Gasteiger partial charge >= 0.3 is 5.97 Å². The van der Waals surface area contributed by atoms with Crippen molar-refractivity contribution in [3.05, 3.63) is 28.7 Å². The topological polar surface area (TPSA) is 76.0 Å². The number of carboxylic acids is 1. The van der Waals surface area contributed by atoms with Gasteiger partial charge < -0.3 is 5.11 Å². The van der Waals surface area contributed by atoms with Crippen molar-refractivity contribution in [1.29, 1.82) is 0 Å².